The molecule has 0 amide bonds. The van der Waals surface area contributed by atoms with Crippen LogP contribution < -0.4 is 0 Å². The van der Waals surface area contributed by atoms with E-state index in [1.54, 1.807) is 0 Å². The number of carbonyl (C=O) groups is 2. The number of hydrogen-bond donors (Lipinski definition) is 1. The molecular weight excluding hydrogens is 388 g/mol. The number of hydrogen-bond acceptors (Lipinski definition) is 4. The van der Waals surface area contributed by atoms with E-state index in [9.17, 15) is 9.59 Å². The van der Waals surface area contributed by atoms with Gasteiger partial charge in [0, 0.05) is 23.5 Å². The van der Waals surface area contributed by atoms with Crippen LogP contribution in [0.3, 0.4) is 0 Å². The van der Waals surface area contributed by atoms with E-state index < -0.39 is 5.97 Å². The van der Waals surface area contributed by atoms with E-state index in [1.807, 2.05) is 85.2 Å². The summed E-state index contributed by atoms with van der Waals surface area (Å²) in [5.74, 6) is -1.37. The van der Waals surface area contributed by atoms with Gasteiger partial charge in [-0.2, -0.15) is 0 Å². The van der Waals surface area contributed by atoms with Crippen molar-refractivity contribution < 1.29 is 14.7 Å². The summed E-state index contributed by atoms with van der Waals surface area (Å²) >= 11 is 0. The molecule has 0 unspecified atom stereocenters. The van der Waals surface area contributed by atoms with Crippen LogP contribution >= 0.6 is 0 Å². The van der Waals surface area contributed by atoms with Crippen LogP contribution in [0, 0.1) is 0 Å². The zero-order valence-corrected chi connectivity index (χ0v) is 17.3. The van der Waals surface area contributed by atoms with Crippen molar-refractivity contribution in [3.63, 3.8) is 0 Å². The summed E-state index contributed by atoms with van der Waals surface area (Å²) in [6.07, 6.45) is 3.25. The Labute approximate surface area is 182 Å². The lowest BCUT2D eigenvalue weighted by atomic mass is 10.1. The number of carboxylic acids is 1. The molecule has 0 saturated heterocycles. The molecule has 2 aromatic heterocycles. The lowest BCUT2D eigenvalue weighted by molar-refractivity contribution is -0.139. The van der Waals surface area contributed by atoms with E-state index >= 15 is 0 Å². The Morgan fingerprint density at radius 1 is 0.645 bits per heavy atom. The fraction of sp³-hybridized carbons (Fsp3) is 0.0769. The monoisotopic (exact) mass is 412 g/mol. The van der Waals surface area contributed by atoms with Gasteiger partial charge >= 0.3 is 5.97 Å². The lowest BCUT2D eigenvalue weighted by Crippen LogP contribution is -2.00. The molecule has 4 rings (SSSR count). The SMILES string of the molecule is CC(=O)CC(=O)O.c1ccc(-c2ccccn2)cc1.c1ccc(-c2ccccn2)cc1. The molecule has 31 heavy (non-hydrogen) atoms. The summed E-state index contributed by atoms with van der Waals surface area (Å²) in [6.45, 7) is 1.24. The Hall–Kier alpha value is -4.12. The van der Waals surface area contributed by atoms with Crippen LogP contribution in [0.2, 0.25) is 0 Å². The van der Waals surface area contributed by atoms with Crippen molar-refractivity contribution in [3.05, 3.63) is 109 Å². The number of aromatic nitrogens is 2. The van der Waals surface area contributed by atoms with Gasteiger partial charge in [0.2, 0.25) is 0 Å². The maximum atomic E-state index is 9.87. The maximum absolute atomic E-state index is 9.87. The first kappa shape index (κ1) is 23.2. The second-order valence-electron chi connectivity index (χ2n) is 6.43. The largest absolute Gasteiger partial charge is 0.481 e. The van der Waals surface area contributed by atoms with Gasteiger partial charge in [0.1, 0.15) is 12.2 Å². The van der Waals surface area contributed by atoms with Crippen molar-refractivity contribution in [1.82, 2.24) is 9.97 Å². The van der Waals surface area contributed by atoms with Gasteiger partial charge in [0.15, 0.2) is 0 Å². The summed E-state index contributed by atoms with van der Waals surface area (Å²) in [5, 5.41) is 7.86. The van der Waals surface area contributed by atoms with Gasteiger partial charge in [-0.15, -0.1) is 0 Å². The average molecular weight is 412 g/mol. The molecule has 156 valence electrons. The van der Waals surface area contributed by atoms with Crippen molar-refractivity contribution >= 4 is 11.8 Å². The number of carboxylic acid groups (broad SMARTS) is 1. The van der Waals surface area contributed by atoms with Crippen LogP contribution in [0.25, 0.3) is 22.5 Å². The van der Waals surface area contributed by atoms with Crippen LogP contribution in [0.4, 0.5) is 0 Å². The third-order valence-electron chi connectivity index (χ3n) is 3.87. The van der Waals surface area contributed by atoms with Gasteiger partial charge in [0.05, 0.1) is 11.4 Å². The Morgan fingerprint density at radius 3 is 1.29 bits per heavy atom. The summed E-state index contributed by atoms with van der Waals surface area (Å²) in [6, 6.07) is 32.2. The van der Waals surface area contributed by atoms with Crippen LogP contribution in [0.15, 0.2) is 109 Å². The molecule has 0 spiro atoms. The Balaban J connectivity index is 0.000000173. The summed E-state index contributed by atoms with van der Waals surface area (Å²) in [7, 11) is 0. The van der Waals surface area contributed by atoms with Crippen LogP contribution in [0.5, 0.6) is 0 Å². The zero-order valence-electron chi connectivity index (χ0n) is 17.3. The zero-order chi connectivity index (χ0) is 22.3. The molecule has 1 N–H and O–H groups in total. The van der Waals surface area contributed by atoms with Crippen molar-refractivity contribution in [2.75, 3.05) is 0 Å². The van der Waals surface area contributed by atoms with Crippen molar-refractivity contribution in [3.8, 4) is 22.5 Å². The topological polar surface area (TPSA) is 80.2 Å². The van der Waals surface area contributed by atoms with Crippen LogP contribution in [-0.2, 0) is 9.59 Å². The van der Waals surface area contributed by atoms with Gasteiger partial charge in [-0.05, 0) is 31.2 Å². The molecule has 0 aliphatic rings. The predicted molar refractivity (Wildman–Crippen MR) is 122 cm³/mol. The number of carbonyl (C=O) groups excluding carboxylic acids is 1. The molecule has 4 aromatic rings. The highest BCUT2D eigenvalue weighted by Crippen LogP contribution is 2.15. The minimum absolute atomic E-state index is 0.312. The minimum atomic E-state index is -1.06. The van der Waals surface area contributed by atoms with E-state index in [2.05, 4.69) is 34.2 Å². The molecule has 0 bridgehead atoms. The van der Waals surface area contributed by atoms with E-state index in [4.69, 9.17) is 5.11 Å². The quantitative estimate of drug-likeness (QED) is 0.445. The number of nitrogens with zero attached hydrogens (tertiary/aromatic N) is 2. The number of benzene rings is 2. The first-order valence-electron chi connectivity index (χ1n) is 9.70. The van der Waals surface area contributed by atoms with E-state index in [1.165, 1.54) is 6.92 Å². The smallest absolute Gasteiger partial charge is 0.310 e. The highest BCUT2D eigenvalue weighted by Gasteiger charge is 1.98. The molecule has 0 radical (unpaired) electrons. The van der Waals surface area contributed by atoms with Gasteiger partial charge in [0.25, 0.3) is 0 Å². The number of rotatable bonds is 4. The van der Waals surface area contributed by atoms with Crippen LogP contribution in [0.1, 0.15) is 13.3 Å². The van der Waals surface area contributed by atoms with Gasteiger partial charge in [-0.25, -0.2) is 0 Å². The second kappa shape index (κ2) is 13.2. The number of Topliss-reactive ketones (excluding diaryl/α,β-unsaturated/α-hetero) is 1. The molecule has 5 nitrogen and oxygen atoms in total. The molecular formula is C26H24N2O3. The normalized spacial score (nSPS) is 9.32. The second-order valence-corrected chi connectivity index (χ2v) is 6.43. The van der Waals surface area contributed by atoms with Gasteiger partial charge in [-0.3, -0.25) is 19.6 Å². The fourth-order valence-electron chi connectivity index (χ4n) is 2.50. The number of aliphatic carboxylic acids is 1. The first-order chi connectivity index (χ1) is 15.1. The highest BCUT2D eigenvalue weighted by atomic mass is 16.4. The summed E-state index contributed by atoms with van der Waals surface area (Å²) < 4.78 is 0. The summed E-state index contributed by atoms with van der Waals surface area (Å²) in [4.78, 5) is 28.0. The van der Waals surface area contributed by atoms with Crippen LogP contribution in [-0.4, -0.2) is 26.8 Å². The van der Waals surface area contributed by atoms with Crippen molar-refractivity contribution in [1.29, 1.82) is 0 Å². The van der Waals surface area contributed by atoms with Crippen molar-refractivity contribution in [2.45, 2.75) is 13.3 Å². The molecule has 2 aromatic carbocycles. The van der Waals surface area contributed by atoms with E-state index in [0.717, 1.165) is 22.5 Å². The van der Waals surface area contributed by atoms with E-state index in [-0.39, 0.29) is 12.2 Å². The average Bonchev–Trinajstić information content (AvgIpc) is 2.81. The standard InChI is InChI=1S/2C11H9N.C4H6O3/c2*1-2-6-10(7-3-1)11-8-4-5-9-12-11;1-3(5)2-4(6)7/h2*1-9H;2H2,1H3,(H,6,7). The first-order valence-corrected chi connectivity index (χ1v) is 9.70. The van der Waals surface area contributed by atoms with Gasteiger partial charge < -0.3 is 5.11 Å². The minimum Gasteiger partial charge on any atom is -0.481 e. The number of pyridine rings is 2. The Bertz CT molecular complexity index is 877. The summed E-state index contributed by atoms with van der Waals surface area (Å²) in [5.41, 5.74) is 4.38. The molecule has 0 saturated carbocycles. The molecule has 2 heterocycles. The molecule has 0 aliphatic carbocycles. The molecule has 0 fully saturated rings. The molecule has 0 atom stereocenters. The van der Waals surface area contributed by atoms with Crippen molar-refractivity contribution in [2.24, 2.45) is 0 Å². The Kier molecular flexibility index (Phi) is 9.84. The predicted octanol–water partition coefficient (Wildman–Crippen LogP) is 5.55. The maximum Gasteiger partial charge on any atom is 0.310 e. The Morgan fingerprint density at radius 2 is 1.03 bits per heavy atom. The van der Waals surface area contributed by atoms with E-state index in [0.29, 0.717) is 0 Å². The third kappa shape index (κ3) is 9.28. The lowest BCUT2D eigenvalue weighted by Gasteiger charge is -1.97. The highest BCUT2D eigenvalue weighted by molar-refractivity contribution is 5.93. The third-order valence-corrected chi connectivity index (χ3v) is 3.87. The molecule has 5 heteroatoms. The molecule has 0 aliphatic heterocycles. The number of ketones is 1. The fourth-order valence-corrected chi connectivity index (χ4v) is 2.50. The van der Waals surface area contributed by atoms with Gasteiger partial charge in [-0.1, -0.05) is 72.8 Å².